The minimum Gasteiger partial charge on any atom is -0.508 e. The number of nitrogens with two attached hydrogens (primary N) is 1. The van der Waals surface area contributed by atoms with Crippen molar-refractivity contribution in [3.05, 3.63) is 28.8 Å². The Bertz CT molecular complexity index is 268. The summed E-state index contributed by atoms with van der Waals surface area (Å²) in [7, 11) is 0. The lowest BCUT2D eigenvalue weighted by atomic mass is 10.0. The molecule has 3 N–H and O–H groups in total. The van der Waals surface area contributed by atoms with E-state index in [1.165, 1.54) is 0 Å². The van der Waals surface area contributed by atoms with E-state index in [2.05, 4.69) is 0 Å². The Morgan fingerprint density at radius 3 is 2.77 bits per heavy atom. The highest BCUT2D eigenvalue weighted by molar-refractivity contribution is 6.31. The molecule has 0 saturated carbocycles. The third kappa shape index (κ3) is 2.36. The molecule has 0 amide bonds. The molecule has 3 heteroatoms. The van der Waals surface area contributed by atoms with Crippen LogP contribution in [-0.2, 0) is 0 Å². The summed E-state index contributed by atoms with van der Waals surface area (Å²) >= 11 is 5.92. The first-order valence-corrected chi connectivity index (χ1v) is 4.77. The van der Waals surface area contributed by atoms with Crippen LogP contribution in [0.3, 0.4) is 0 Å². The molecule has 0 aliphatic carbocycles. The highest BCUT2D eigenvalue weighted by Crippen LogP contribution is 2.31. The molecule has 1 aromatic carbocycles. The minimum absolute atomic E-state index is 0.168. The van der Waals surface area contributed by atoms with Crippen molar-refractivity contribution >= 4 is 11.6 Å². The predicted molar refractivity (Wildman–Crippen MR) is 55.0 cm³/mol. The van der Waals surface area contributed by atoms with Crippen LogP contribution in [0.2, 0.25) is 5.02 Å². The van der Waals surface area contributed by atoms with E-state index in [4.69, 9.17) is 17.3 Å². The van der Waals surface area contributed by atoms with Crippen molar-refractivity contribution in [3.8, 4) is 5.75 Å². The zero-order valence-corrected chi connectivity index (χ0v) is 8.38. The van der Waals surface area contributed by atoms with Gasteiger partial charge >= 0.3 is 0 Å². The zero-order chi connectivity index (χ0) is 9.84. The van der Waals surface area contributed by atoms with Gasteiger partial charge in [-0.3, -0.25) is 0 Å². The fraction of sp³-hybridized carbons (Fsp3) is 0.400. The quantitative estimate of drug-likeness (QED) is 0.787. The lowest BCUT2D eigenvalue weighted by Crippen LogP contribution is -2.10. The number of aromatic hydroxyl groups is 1. The summed E-state index contributed by atoms with van der Waals surface area (Å²) in [5, 5.41) is 10.1. The monoisotopic (exact) mass is 199 g/mol. The van der Waals surface area contributed by atoms with Crippen LogP contribution in [0.5, 0.6) is 5.75 Å². The van der Waals surface area contributed by atoms with Crippen molar-refractivity contribution in [2.24, 2.45) is 5.73 Å². The molecule has 0 unspecified atom stereocenters. The Kier molecular flexibility index (Phi) is 3.58. The van der Waals surface area contributed by atoms with Gasteiger partial charge in [0.15, 0.2) is 0 Å². The topological polar surface area (TPSA) is 46.2 Å². The molecule has 0 aliphatic rings. The molecule has 0 fully saturated rings. The van der Waals surface area contributed by atoms with Crippen molar-refractivity contribution in [3.63, 3.8) is 0 Å². The van der Waals surface area contributed by atoms with E-state index < -0.39 is 0 Å². The SMILES string of the molecule is CCC[C@H](N)c1c(O)cccc1Cl. The van der Waals surface area contributed by atoms with E-state index >= 15 is 0 Å². The molecule has 0 spiro atoms. The molecule has 1 atom stereocenters. The summed E-state index contributed by atoms with van der Waals surface area (Å²) in [5.41, 5.74) is 6.52. The van der Waals surface area contributed by atoms with E-state index in [0.717, 1.165) is 12.8 Å². The Labute approximate surface area is 83.3 Å². The number of benzene rings is 1. The molecular weight excluding hydrogens is 186 g/mol. The van der Waals surface area contributed by atoms with E-state index in [0.29, 0.717) is 10.6 Å². The van der Waals surface area contributed by atoms with Crippen molar-refractivity contribution in [1.29, 1.82) is 0 Å². The van der Waals surface area contributed by atoms with E-state index in [-0.39, 0.29) is 11.8 Å². The second-order valence-electron chi connectivity index (χ2n) is 3.07. The molecule has 0 heterocycles. The number of hydrogen-bond acceptors (Lipinski definition) is 2. The average Bonchev–Trinajstić information content (AvgIpc) is 2.04. The van der Waals surface area contributed by atoms with Crippen LogP contribution in [0.15, 0.2) is 18.2 Å². The first-order valence-electron chi connectivity index (χ1n) is 4.39. The van der Waals surface area contributed by atoms with Gasteiger partial charge in [0, 0.05) is 16.6 Å². The van der Waals surface area contributed by atoms with Crippen LogP contribution in [-0.4, -0.2) is 5.11 Å². The first-order chi connectivity index (χ1) is 6.16. The molecule has 0 bridgehead atoms. The number of hydrogen-bond donors (Lipinski definition) is 2. The Balaban J connectivity index is 2.98. The molecule has 0 aliphatic heterocycles. The summed E-state index contributed by atoms with van der Waals surface area (Å²) < 4.78 is 0. The van der Waals surface area contributed by atoms with Gasteiger partial charge in [-0.2, -0.15) is 0 Å². The number of phenolic OH excluding ortho intramolecular Hbond substituents is 1. The van der Waals surface area contributed by atoms with Gasteiger partial charge in [0.1, 0.15) is 5.75 Å². The number of phenols is 1. The summed E-state index contributed by atoms with van der Waals surface area (Å²) in [4.78, 5) is 0. The lowest BCUT2D eigenvalue weighted by Gasteiger charge is -2.13. The first kappa shape index (κ1) is 10.4. The van der Waals surface area contributed by atoms with Gasteiger partial charge in [-0.1, -0.05) is 31.0 Å². The van der Waals surface area contributed by atoms with E-state index in [1.807, 2.05) is 6.92 Å². The predicted octanol–water partition coefficient (Wildman–Crippen LogP) is 2.85. The third-order valence-corrected chi connectivity index (χ3v) is 2.33. The number of halogens is 1. The van der Waals surface area contributed by atoms with Crippen LogP contribution >= 0.6 is 11.6 Å². The Hall–Kier alpha value is -0.730. The van der Waals surface area contributed by atoms with Gasteiger partial charge in [-0.15, -0.1) is 0 Å². The molecule has 2 nitrogen and oxygen atoms in total. The maximum atomic E-state index is 9.52. The van der Waals surface area contributed by atoms with Gasteiger partial charge in [-0.05, 0) is 18.6 Å². The Morgan fingerprint density at radius 2 is 2.23 bits per heavy atom. The van der Waals surface area contributed by atoms with Crippen LogP contribution in [0.25, 0.3) is 0 Å². The van der Waals surface area contributed by atoms with Gasteiger partial charge in [0.05, 0.1) is 0 Å². The van der Waals surface area contributed by atoms with Crippen molar-refractivity contribution in [1.82, 2.24) is 0 Å². The summed E-state index contributed by atoms with van der Waals surface area (Å²) in [6, 6.07) is 4.89. The third-order valence-electron chi connectivity index (χ3n) is 2.00. The number of rotatable bonds is 3. The van der Waals surface area contributed by atoms with Crippen LogP contribution in [0.1, 0.15) is 31.4 Å². The van der Waals surface area contributed by atoms with Crippen LogP contribution < -0.4 is 5.73 Å². The Morgan fingerprint density at radius 1 is 1.54 bits per heavy atom. The fourth-order valence-corrected chi connectivity index (χ4v) is 1.66. The molecular formula is C10H14ClNO. The summed E-state index contributed by atoms with van der Waals surface area (Å²) in [5.74, 6) is 0.188. The van der Waals surface area contributed by atoms with Crippen LogP contribution in [0.4, 0.5) is 0 Å². The smallest absolute Gasteiger partial charge is 0.121 e. The molecule has 1 rings (SSSR count). The molecule has 0 saturated heterocycles. The molecule has 13 heavy (non-hydrogen) atoms. The highest BCUT2D eigenvalue weighted by Gasteiger charge is 2.13. The highest BCUT2D eigenvalue weighted by atomic mass is 35.5. The standard InChI is InChI=1S/C10H14ClNO/c1-2-4-8(12)10-7(11)5-3-6-9(10)13/h3,5-6,8,13H,2,4,12H2,1H3/t8-/m0/s1. The molecule has 72 valence electrons. The van der Waals surface area contributed by atoms with Gasteiger partial charge in [0.2, 0.25) is 0 Å². The normalized spacial score (nSPS) is 12.8. The van der Waals surface area contributed by atoms with Crippen molar-refractivity contribution in [2.45, 2.75) is 25.8 Å². The molecule has 0 aromatic heterocycles. The average molecular weight is 200 g/mol. The zero-order valence-electron chi connectivity index (χ0n) is 7.63. The van der Waals surface area contributed by atoms with Crippen molar-refractivity contribution < 1.29 is 5.11 Å². The summed E-state index contributed by atoms with van der Waals surface area (Å²) in [6.45, 7) is 2.05. The summed E-state index contributed by atoms with van der Waals surface area (Å²) in [6.07, 6.45) is 1.81. The second-order valence-corrected chi connectivity index (χ2v) is 3.48. The van der Waals surface area contributed by atoms with E-state index in [9.17, 15) is 5.11 Å². The lowest BCUT2D eigenvalue weighted by molar-refractivity contribution is 0.458. The van der Waals surface area contributed by atoms with Gasteiger partial charge < -0.3 is 10.8 Å². The van der Waals surface area contributed by atoms with E-state index in [1.54, 1.807) is 18.2 Å². The fourth-order valence-electron chi connectivity index (χ4n) is 1.35. The van der Waals surface area contributed by atoms with Gasteiger partial charge in [0.25, 0.3) is 0 Å². The van der Waals surface area contributed by atoms with Crippen molar-refractivity contribution in [2.75, 3.05) is 0 Å². The maximum Gasteiger partial charge on any atom is 0.121 e. The minimum atomic E-state index is -0.168. The molecule has 0 radical (unpaired) electrons. The van der Waals surface area contributed by atoms with Crippen LogP contribution in [0, 0.1) is 0 Å². The second kappa shape index (κ2) is 4.49. The largest absolute Gasteiger partial charge is 0.508 e. The maximum absolute atomic E-state index is 9.52. The molecule has 1 aromatic rings. The van der Waals surface area contributed by atoms with Gasteiger partial charge in [-0.25, -0.2) is 0 Å².